The van der Waals surface area contributed by atoms with Gasteiger partial charge in [-0.05, 0) is 55.6 Å². The first-order chi connectivity index (χ1) is 11.6. The van der Waals surface area contributed by atoms with E-state index in [1.165, 1.54) is 4.88 Å². The Morgan fingerprint density at radius 3 is 2.58 bits per heavy atom. The van der Waals surface area contributed by atoms with Crippen LogP contribution in [0.4, 0.5) is 5.69 Å². The van der Waals surface area contributed by atoms with Crippen molar-refractivity contribution in [3.8, 4) is 5.75 Å². The number of aromatic nitrogens is 1. The van der Waals surface area contributed by atoms with Gasteiger partial charge in [-0.2, -0.15) is 0 Å². The summed E-state index contributed by atoms with van der Waals surface area (Å²) in [6.07, 6.45) is 0. The highest BCUT2D eigenvalue weighted by Gasteiger charge is 2.16. The SMILES string of the molecule is COc1ccc(NC(=O)c2cc(C)n(Cc3cccs3)c2C)cc1. The van der Waals surface area contributed by atoms with Crippen molar-refractivity contribution >= 4 is 22.9 Å². The van der Waals surface area contributed by atoms with E-state index in [9.17, 15) is 4.79 Å². The van der Waals surface area contributed by atoms with Crippen LogP contribution in [0.5, 0.6) is 5.75 Å². The predicted octanol–water partition coefficient (Wildman–Crippen LogP) is 4.48. The molecule has 2 aromatic heterocycles. The summed E-state index contributed by atoms with van der Waals surface area (Å²) in [5, 5.41) is 5.01. The van der Waals surface area contributed by atoms with Crippen molar-refractivity contribution in [1.29, 1.82) is 0 Å². The molecule has 0 aliphatic carbocycles. The Labute approximate surface area is 145 Å². The standard InChI is InChI=1S/C19H20N2O2S/c1-13-11-18(14(2)21(13)12-17-5-4-10-24-17)19(22)20-15-6-8-16(23-3)9-7-15/h4-11H,12H2,1-3H3,(H,20,22). The van der Waals surface area contributed by atoms with Gasteiger partial charge in [0.1, 0.15) is 5.75 Å². The van der Waals surface area contributed by atoms with Crippen LogP contribution in [0.15, 0.2) is 47.8 Å². The third-order valence-corrected chi connectivity index (χ3v) is 4.92. The molecule has 24 heavy (non-hydrogen) atoms. The average Bonchev–Trinajstić information content (AvgIpc) is 3.19. The van der Waals surface area contributed by atoms with E-state index < -0.39 is 0 Å². The van der Waals surface area contributed by atoms with Crippen molar-refractivity contribution in [2.24, 2.45) is 0 Å². The number of carbonyl (C=O) groups excluding carboxylic acids is 1. The molecular formula is C19H20N2O2S. The van der Waals surface area contributed by atoms with Gasteiger partial charge in [-0.3, -0.25) is 4.79 Å². The summed E-state index contributed by atoms with van der Waals surface area (Å²) in [5.41, 5.74) is 3.52. The van der Waals surface area contributed by atoms with E-state index in [2.05, 4.69) is 21.3 Å². The lowest BCUT2D eigenvalue weighted by molar-refractivity contribution is 0.102. The zero-order chi connectivity index (χ0) is 17.1. The molecule has 0 radical (unpaired) electrons. The molecule has 0 spiro atoms. The number of amides is 1. The minimum Gasteiger partial charge on any atom is -0.497 e. The fraction of sp³-hybridized carbons (Fsp3) is 0.211. The maximum absolute atomic E-state index is 12.6. The Kier molecular flexibility index (Phi) is 4.71. The zero-order valence-corrected chi connectivity index (χ0v) is 14.8. The Hall–Kier alpha value is -2.53. The number of aryl methyl sites for hydroxylation is 1. The minimum atomic E-state index is -0.0919. The monoisotopic (exact) mass is 340 g/mol. The first kappa shape index (κ1) is 16.3. The molecule has 0 saturated carbocycles. The van der Waals surface area contributed by atoms with Crippen molar-refractivity contribution in [3.05, 3.63) is 69.7 Å². The average molecular weight is 340 g/mol. The smallest absolute Gasteiger partial charge is 0.257 e. The van der Waals surface area contributed by atoms with Crippen LogP contribution in [0, 0.1) is 13.8 Å². The third-order valence-electron chi connectivity index (χ3n) is 4.06. The third kappa shape index (κ3) is 3.36. The second-order valence-corrected chi connectivity index (χ2v) is 6.67. The van der Waals surface area contributed by atoms with Crippen molar-refractivity contribution in [2.45, 2.75) is 20.4 Å². The molecule has 0 aliphatic heterocycles. The van der Waals surface area contributed by atoms with E-state index in [-0.39, 0.29) is 5.91 Å². The first-order valence-corrected chi connectivity index (χ1v) is 8.61. The first-order valence-electron chi connectivity index (χ1n) is 7.73. The number of ether oxygens (including phenoxy) is 1. The van der Waals surface area contributed by atoms with Gasteiger partial charge < -0.3 is 14.6 Å². The summed E-state index contributed by atoms with van der Waals surface area (Å²) in [6.45, 7) is 4.82. The number of anilines is 1. The van der Waals surface area contributed by atoms with Gasteiger partial charge in [0, 0.05) is 22.0 Å². The lowest BCUT2D eigenvalue weighted by Crippen LogP contribution is -2.13. The Bertz CT molecular complexity index is 833. The molecule has 3 aromatic rings. The van der Waals surface area contributed by atoms with Crippen LogP contribution in [0.1, 0.15) is 26.6 Å². The molecule has 1 aromatic carbocycles. The molecule has 124 valence electrons. The summed E-state index contributed by atoms with van der Waals surface area (Å²) in [6, 6.07) is 13.4. The summed E-state index contributed by atoms with van der Waals surface area (Å²) >= 11 is 1.73. The van der Waals surface area contributed by atoms with Crippen LogP contribution in [-0.4, -0.2) is 17.6 Å². The number of hydrogen-bond donors (Lipinski definition) is 1. The highest BCUT2D eigenvalue weighted by molar-refractivity contribution is 7.09. The molecule has 4 nitrogen and oxygen atoms in total. The van der Waals surface area contributed by atoms with Crippen LogP contribution in [0.25, 0.3) is 0 Å². The van der Waals surface area contributed by atoms with Crippen LogP contribution in [-0.2, 0) is 6.54 Å². The fourth-order valence-corrected chi connectivity index (χ4v) is 3.40. The number of benzene rings is 1. The predicted molar refractivity (Wildman–Crippen MR) is 98.3 cm³/mol. The van der Waals surface area contributed by atoms with Crippen LogP contribution < -0.4 is 10.1 Å². The van der Waals surface area contributed by atoms with E-state index in [1.54, 1.807) is 18.4 Å². The van der Waals surface area contributed by atoms with Gasteiger partial charge in [-0.25, -0.2) is 0 Å². The molecule has 0 aliphatic rings. The molecule has 5 heteroatoms. The van der Waals surface area contributed by atoms with Gasteiger partial charge in [0.05, 0.1) is 19.2 Å². The molecule has 0 saturated heterocycles. The van der Waals surface area contributed by atoms with Crippen molar-refractivity contribution in [2.75, 3.05) is 12.4 Å². The second kappa shape index (κ2) is 6.93. The number of nitrogens with zero attached hydrogens (tertiary/aromatic N) is 1. The van der Waals surface area contributed by atoms with Crippen molar-refractivity contribution < 1.29 is 9.53 Å². The van der Waals surface area contributed by atoms with Crippen LogP contribution in [0.3, 0.4) is 0 Å². The number of nitrogens with one attached hydrogen (secondary N) is 1. The van der Waals surface area contributed by atoms with Gasteiger partial charge in [0.25, 0.3) is 5.91 Å². The zero-order valence-electron chi connectivity index (χ0n) is 14.0. The van der Waals surface area contributed by atoms with Crippen molar-refractivity contribution in [1.82, 2.24) is 4.57 Å². The van der Waals surface area contributed by atoms with Gasteiger partial charge in [0.2, 0.25) is 0 Å². The maximum Gasteiger partial charge on any atom is 0.257 e. The number of rotatable bonds is 5. The topological polar surface area (TPSA) is 43.3 Å². The molecule has 2 heterocycles. The van der Waals surface area contributed by atoms with Gasteiger partial charge >= 0.3 is 0 Å². The second-order valence-electron chi connectivity index (χ2n) is 5.63. The van der Waals surface area contributed by atoms with E-state index >= 15 is 0 Å². The fourth-order valence-electron chi connectivity index (χ4n) is 2.71. The summed E-state index contributed by atoms with van der Waals surface area (Å²) in [5.74, 6) is 0.674. The Morgan fingerprint density at radius 2 is 1.96 bits per heavy atom. The summed E-state index contributed by atoms with van der Waals surface area (Å²) in [7, 11) is 1.62. The Balaban J connectivity index is 1.79. The quantitative estimate of drug-likeness (QED) is 0.744. The molecule has 0 fully saturated rings. The molecule has 1 N–H and O–H groups in total. The number of methoxy groups -OCH3 is 1. The van der Waals surface area contributed by atoms with Crippen LogP contribution >= 0.6 is 11.3 Å². The van der Waals surface area contributed by atoms with Gasteiger partial charge in [-0.1, -0.05) is 6.07 Å². The largest absolute Gasteiger partial charge is 0.497 e. The molecule has 0 atom stereocenters. The van der Waals surface area contributed by atoms with Gasteiger partial charge in [0.15, 0.2) is 0 Å². The normalized spacial score (nSPS) is 10.6. The maximum atomic E-state index is 12.6. The summed E-state index contributed by atoms with van der Waals surface area (Å²) in [4.78, 5) is 13.9. The van der Waals surface area contributed by atoms with E-state index in [4.69, 9.17) is 4.74 Å². The van der Waals surface area contributed by atoms with E-state index in [0.29, 0.717) is 5.56 Å². The molecule has 0 bridgehead atoms. The number of hydrogen-bond acceptors (Lipinski definition) is 3. The Morgan fingerprint density at radius 1 is 1.21 bits per heavy atom. The molecule has 1 amide bonds. The highest BCUT2D eigenvalue weighted by Crippen LogP contribution is 2.21. The van der Waals surface area contributed by atoms with E-state index in [1.807, 2.05) is 50.2 Å². The molecule has 3 rings (SSSR count). The minimum absolute atomic E-state index is 0.0919. The van der Waals surface area contributed by atoms with Crippen LogP contribution in [0.2, 0.25) is 0 Å². The number of thiophene rings is 1. The van der Waals surface area contributed by atoms with Gasteiger partial charge in [-0.15, -0.1) is 11.3 Å². The molecular weight excluding hydrogens is 320 g/mol. The molecule has 0 unspecified atom stereocenters. The highest BCUT2D eigenvalue weighted by atomic mass is 32.1. The van der Waals surface area contributed by atoms with E-state index in [0.717, 1.165) is 29.4 Å². The summed E-state index contributed by atoms with van der Waals surface area (Å²) < 4.78 is 7.31. The lowest BCUT2D eigenvalue weighted by atomic mass is 10.2. The number of carbonyl (C=O) groups is 1. The lowest BCUT2D eigenvalue weighted by Gasteiger charge is -2.09. The van der Waals surface area contributed by atoms with Crippen molar-refractivity contribution in [3.63, 3.8) is 0 Å².